The number of nitrogens with one attached hydrogen (secondary N) is 1. The number of benzene rings is 1. The number of hydrogen-bond acceptors (Lipinski definition) is 7. The summed E-state index contributed by atoms with van der Waals surface area (Å²) in [5, 5.41) is 14.4. The second-order valence-corrected chi connectivity index (χ2v) is 7.71. The zero-order chi connectivity index (χ0) is 15.6. The summed E-state index contributed by atoms with van der Waals surface area (Å²) in [4.78, 5) is 4.51. The van der Waals surface area contributed by atoms with Crippen LogP contribution in [0.2, 0.25) is 0 Å². The van der Waals surface area contributed by atoms with Gasteiger partial charge in [-0.25, -0.2) is 4.98 Å². The lowest BCUT2D eigenvalue weighted by Gasteiger charge is -2.12. The number of nitrogens with zero attached hydrogens (tertiary/aromatic N) is 4. The fourth-order valence-corrected chi connectivity index (χ4v) is 3.31. The molecule has 5 nitrogen and oxygen atoms in total. The van der Waals surface area contributed by atoms with E-state index in [0.717, 1.165) is 26.5 Å². The molecular formula is C15H17N5S2. The van der Waals surface area contributed by atoms with E-state index >= 15 is 0 Å². The summed E-state index contributed by atoms with van der Waals surface area (Å²) in [5.41, 5.74) is 1.07. The predicted molar refractivity (Wildman–Crippen MR) is 91.3 cm³/mol. The van der Waals surface area contributed by atoms with Crippen LogP contribution in [0.1, 0.15) is 31.6 Å². The fraction of sp³-hybridized carbons (Fsp3) is 0.333. The Bertz CT molecular complexity index is 743. The van der Waals surface area contributed by atoms with Crippen LogP contribution in [-0.2, 0) is 12.0 Å². The third-order valence-electron chi connectivity index (χ3n) is 2.98. The molecule has 114 valence electrons. The van der Waals surface area contributed by atoms with E-state index in [1.807, 2.05) is 30.3 Å². The molecule has 1 aromatic carbocycles. The van der Waals surface area contributed by atoms with Crippen LogP contribution in [0.3, 0.4) is 0 Å². The summed E-state index contributed by atoms with van der Waals surface area (Å²) >= 11 is 2.97. The molecule has 1 N–H and O–H groups in total. The second kappa shape index (κ2) is 6.10. The van der Waals surface area contributed by atoms with Gasteiger partial charge < -0.3 is 5.32 Å². The number of aromatic nitrogens is 4. The minimum Gasteiger partial charge on any atom is -0.354 e. The molecule has 3 aromatic rings. The number of anilines is 1. The van der Waals surface area contributed by atoms with E-state index in [1.54, 1.807) is 11.3 Å². The molecule has 0 saturated carbocycles. The molecule has 0 amide bonds. The molecule has 0 saturated heterocycles. The largest absolute Gasteiger partial charge is 0.354 e. The van der Waals surface area contributed by atoms with Crippen LogP contribution >= 0.6 is 22.9 Å². The van der Waals surface area contributed by atoms with Crippen molar-refractivity contribution in [2.24, 2.45) is 0 Å². The Morgan fingerprint density at radius 2 is 1.86 bits per heavy atom. The van der Waals surface area contributed by atoms with Gasteiger partial charge in [0.2, 0.25) is 5.13 Å². The van der Waals surface area contributed by atoms with Crippen molar-refractivity contribution in [3.63, 3.8) is 0 Å². The SMILES string of the molecule is CC(C)(C)c1nsc(NCc2nnc(-c3ccccc3)s2)n1. The van der Waals surface area contributed by atoms with Crippen molar-refractivity contribution in [1.82, 2.24) is 19.6 Å². The highest BCUT2D eigenvalue weighted by atomic mass is 32.1. The molecule has 0 aliphatic rings. The van der Waals surface area contributed by atoms with Crippen LogP contribution in [0.15, 0.2) is 30.3 Å². The van der Waals surface area contributed by atoms with Crippen molar-refractivity contribution in [3.05, 3.63) is 41.2 Å². The van der Waals surface area contributed by atoms with Crippen molar-refractivity contribution >= 4 is 28.0 Å². The normalized spacial score (nSPS) is 11.6. The van der Waals surface area contributed by atoms with E-state index in [2.05, 4.69) is 45.6 Å². The first-order valence-corrected chi connectivity index (χ1v) is 8.57. The van der Waals surface area contributed by atoms with Gasteiger partial charge in [0.1, 0.15) is 15.8 Å². The van der Waals surface area contributed by atoms with Crippen LogP contribution < -0.4 is 5.32 Å². The lowest BCUT2D eigenvalue weighted by molar-refractivity contribution is 0.555. The molecule has 0 fully saturated rings. The van der Waals surface area contributed by atoms with Gasteiger partial charge >= 0.3 is 0 Å². The van der Waals surface area contributed by atoms with E-state index in [0.29, 0.717) is 6.54 Å². The Hall–Kier alpha value is -1.86. The topological polar surface area (TPSA) is 63.6 Å². The minimum absolute atomic E-state index is 0.0281. The Balaban J connectivity index is 1.65. The standard InChI is InChI=1S/C15H17N5S2/c1-15(2,3)13-17-14(22-20-13)16-9-11-18-19-12(21-11)10-7-5-4-6-8-10/h4-8H,9H2,1-3H3,(H,16,17,20). The van der Waals surface area contributed by atoms with E-state index < -0.39 is 0 Å². The van der Waals surface area contributed by atoms with Crippen molar-refractivity contribution < 1.29 is 0 Å². The van der Waals surface area contributed by atoms with Crippen LogP contribution in [0.5, 0.6) is 0 Å². The molecule has 0 bridgehead atoms. The summed E-state index contributed by atoms with van der Waals surface area (Å²) in [7, 11) is 0. The third kappa shape index (κ3) is 3.48. The summed E-state index contributed by atoms with van der Waals surface area (Å²) in [6.07, 6.45) is 0. The third-order valence-corrected chi connectivity index (χ3v) is 4.62. The van der Waals surface area contributed by atoms with Gasteiger partial charge in [0.05, 0.1) is 6.54 Å². The maximum Gasteiger partial charge on any atom is 0.202 e. The monoisotopic (exact) mass is 331 g/mol. The van der Waals surface area contributed by atoms with E-state index in [9.17, 15) is 0 Å². The van der Waals surface area contributed by atoms with Gasteiger partial charge in [0.25, 0.3) is 0 Å². The van der Waals surface area contributed by atoms with Gasteiger partial charge in [-0.2, -0.15) is 4.37 Å². The lowest BCUT2D eigenvalue weighted by Crippen LogP contribution is -2.13. The Morgan fingerprint density at radius 3 is 2.55 bits per heavy atom. The lowest BCUT2D eigenvalue weighted by atomic mass is 9.96. The molecule has 22 heavy (non-hydrogen) atoms. The quantitative estimate of drug-likeness (QED) is 0.784. The van der Waals surface area contributed by atoms with Gasteiger partial charge in [0, 0.05) is 22.5 Å². The Labute approximate surface area is 137 Å². The first-order valence-electron chi connectivity index (χ1n) is 6.98. The van der Waals surface area contributed by atoms with Crippen molar-refractivity contribution in [2.45, 2.75) is 32.7 Å². The molecule has 7 heteroatoms. The van der Waals surface area contributed by atoms with Crippen molar-refractivity contribution in [3.8, 4) is 10.6 Å². The number of hydrogen-bond donors (Lipinski definition) is 1. The maximum absolute atomic E-state index is 4.51. The summed E-state index contributed by atoms with van der Waals surface area (Å²) in [6, 6.07) is 10.1. The molecule has 0 aliphatic carbocycles. The molecule has 0 spiro atoms. The first-order chi connectivity index (χ1) is 10.5. The summed E-state index contributed by atoms with van der Waals surface area (Å²) in [6.45, 7) is 6.93. The summed E-state index contributed by atoms with van der Waals surface area (Å²) < 4.78 is 4.39. The van der Waals surface area contributed by atoms with Gasteiger partial charge in [-0.05, 0) is 0 Å². The molecule has 0 aliphatic heterocycles. The molecule has 3 rings (SSSR count). The molecular weight excluding hydrogens is 314 g/mol. The van der Waals surface area contributed by atoms with Crippen LogP contribution in [0, 0.1) is 0 Å². The highest BCUT2D eigenvalue weighted by Gasteiger charge is 2.19. The second-order valence-electron chi connectivity index (χ2n) is 5.89. The van der Waals surface area contributed by atoms with Gasteiger partial charge in [-0.3, -0.25) is 0 Å². The van der Waals surface area contributed by atoms with Crippen molar-refractivity contribution in [2.75, 3.05) is 5.32 Å². The summed E-state index contributed by atoms with van der Waals surface area (Å²) in [5.74, 6) is 0.863. The van der Waals surface area contributed by atoms with Gasteiger partial charge in [-0.1, -0.05) is 62.4 Å². The van der Waals surface area contributed by atoms with Gasteiger partial charge in [-0.15, -0.1) is 10.2 Å². The van der Waals surface area contributed by atoms with Gasteiger partial charge in [0.15, 0.2) is 0 Å². The average molecular weight is 331 g/mol. The molecule has 0 unspecified atom stereocenters. The zero-order valence-electron chi connectivity index (χ0n) is 12.7. The first kappa shape index (κ1) is 15.1. The van der Waals surface area contributed by atoms with Crippen molar-refractivity contribution in [1.29, 1.82) is 0 Å². The smallest absolute Gasteiger partial charge is 0.202 e. The average Bonchev–Trinajstić information content (AvgIpc) is 3.15. The van der Waals surface area contributed by atoms with E-state index in [-0.39, 0.29) is 5.41 Å². The van der Waals surface area contributed by atoms with Crippen LogP contribution in [0.25, 0.3) is 10.6 Å². The van der Waals surface area contributed by atoms with Crippen LogP contribution in [0.4, 0.5) is 5.13 Å². The maximum atomic E-state index is 4.51. The molecule has 2 heterocycles. The van der Waals surface area contributed by atoms with E-state index in [1.165, 1.54) is 11.5 Å². The minimum atomic E-state index is -0.0281. The molecule has 0 atom stereocenters. The highest BCUT2D eigenvalue weighted by molar-refractivity contribution is 7.14. The molecule has 2 aromatic heterocycles. The Kier molecular flexibility index (Phi) is 4.17. The number of rotatable bonds is 4. The van der Waals surface area contributed by atoms with E-state index in [4.69, 9.17) is 0 Å². The fourth-order valence-electron chi connectivity index (χ4n) is 1.77. The zero-order valence-corrected chi connectivity index (χ0v) is 14.3. The Morgan fingerprint density at radius 1 is 1.09 bits per heavy atom. The van der Waals surface area contributed by atoms with Crippen LogP contribution in [-0.4, -0.2) is 19.6 Å². The predicted octanol–water partition coefficient (Wildman–Crippen LogP) is 3.97. The molecule has 0 radical (unpaired) electrons. The highest BCUT2D eigenvalue weighted by Crippen LogP contribution is 2.25.